The van der Waals surface area contributed by atoms with Crippen molar-refractivity contribution in [3.05, 3.63) is 126 Å². The molecule has 73 heavy (non-hydrogen) atoms. The number of thiophene rings is 6. The molecule has 0 N–H and O–H groups in total. The predicted molar refractivity (Wildman–Crippen MR) is 285 cm³/mol. The Kier molecular flexibility index (Phi) is 11.0. The van der Waals surface area contributed by atoms with Gasteiger partial charge in [-0.05, 0) is 141 Å². The lowest BCUT2D eigenvalue weighted by atomic mass is 9.84. The number of allylic oxidation sites excluding steroid dienone is 2. The standard InChI is InChI=1S/C53H44F6N4O4S6/c1-25-41(29-13-11-27(23-39(29)68-25)31-15-17-33(70-31)35-19-21-37(72-35)45-60(64)47(3,4)48(5,6)61(45)65)43-44(52(56,57)53(58,59)51(43,54)55)42-26(2)69-40-24-28(12-14-30(40)42)32-16-18-34(71-32)36-20-22-38(73-36)46-62(66)49(7,8)50(9,10)63(46)67/h11-24H,1-10H3. The minimum Gasteiger partial charge on any atom is -0.714 e. The first-order valence-corrected chi connectivity index (χ1v) is 27.9. The van der Waals surface area contributed by atoms with E-state index in [9.17, 15) is 20.8 Å². The van der Waals surface area contributed by atoms with E-state index in [0.29, 0.717) is 30.3 Å². The van der Waals surface area contributed by atoms with Crippen LogP contribution in [-0.4, -0.2) is 71.2 Å². The second-order valence-electron chi connectivity index (χ2n) is 20.7. The minimum absolute atomic E-state index is 0.0394. The molecule has 0 saturated carbocycles. The Morgan fingerprint density at radius 2 is 0.740 bits per heavy atom. The number of aryl methyl sites for hydroxylation is 2. The number of halogens is 6. The number of rotatable bonds is 8. The van der Waals surface area contributed by atoms with Gasteiger partial charge in [-0.1, -0.05) is 34.4 Å². The van der Waals surface area contributed by atoms with E-state index in [-0.39, 0.29) is 43.3 Å². The van der Waals surface area contributed by atoms with Gasteiger partial charge in [0.25, 0.3) is 0 Å². The van der Waals surface area contributed by atoms with Gasteiger partial charge in [0.2, 0.25) is 0 Å². The SMILES string of the molecule is Cc1sc2cc(-c3ccc(-c4ccc(C5=[N+]([O-])C(C)(C)C(C)(C)N5[O])s4)s3)ccc2c1C1=C(c2c(C)sc3cc(-c4ccc(-c5ccc(C6=[N+]([O-])C(C)(C)C(C)(C)N6[O])s5)s4)ccc23)C(F)(F)C(F)(F)C1(F)F. The molecular weight excluding hydrogens is 1060 g/mol. The summed E-state index contributed by atoms with van der Waals surface area (Å²) in [6.07, 6.45) is 0. The van der Waals surface area contributed by atoms with E-state index in [2.05, 4.69) is 0 Å². The van der Waals surface area contributed by atoms with Crippen molar-refractivity contribution in [3.63, 3.8) is 0 Å². The third-order valence-electron chi connectivity index (χ3n) is 15.6. The molecule has 8 nitrogen and oxygen atoms in total. The fourth-order valence-electron chi connectivity index (χ4n) is 9.81. The molecule has 0 saturated heterocycles. The fourth-order valence-corrected chi connectivity index (χ4v) is 16.2. The van der Waals surface area contributed by atoms with Crippen LogP contribution in [0.25, 0.3) is 71.7 Å². The second kappa shape index (κ2) is 16.0. The number of hydroxylamine groups is 6. The number of fused-ring (bicyclic) bond motifs is 2. The van der Waals surface area contributed by atoms with Crippen molar-refractivity contribution in [2.24, 2.45) is 0 Å². The van der Waals surface area contributed by atoms with Crippen LogP contribution in [-0.2, 0) is 10.4 Å². The molecule has 1 aliphatic carbocycles. The lowest BCUT2D eigenvalue weighted by Crippen LogP contribution is -2.53. The minimum atomic E-state index is -5.75. The molecule has 2 radical (unpaired) electrons. The zero-order chi connectivity index (χ0) is 52.7. The number of benzene rings is 2. The highest BCUT2D eigenvalue weighted by atomic mass is 32.1. The van der Waals surface area contributed by atoms with Crippen LogP contribution >= 0.6 is 68.0 Å². The molecule has 6 aromatic heterocycles. The fraction of sp³-hybridized carbons (Fsp3) is 0.321. The second-order valence-corrected chi connectivity index (χ2v) is 27.5. The summed E-state index contributed by atoms with van der Waals surface area (Å²) < 4.78 is 100. The molecule has 0 atom stereocenters. The molecular formula is C53H44F6N4O4S6. The number of amidine groups is 2. The van der Waals surface area contributed by atoms with E-state index < -0.39 is 51.1 Å². The summed E-state index contributed by atoms with van der Waals surface area (Å²) in [5, 5.41) is 55.1. The molecule has 378 valence electrons. The van der Waals surface area contributed by atoms with Gasteiger partial charge < -0.3 is 10.4 Å². The summed E-state index contributed by atoms with van der Waals surface area (Å²) in [6, 6.07) is 24.6. The van der Waals surface area contributed by atoms with Gasteiger partial charge in [-0.2, -0.15) is 26.3 Å². The van der Waals surface area contributed by atoms with E-state index in [4.69, 9.17) is 0 Å². The van der Waals surface area contributed by atoms with Crippen LogP contribution < -0.4 is 0 Å². The monoisotopic (exact) mass is 1110 g/mol. The zero-order valence-corrected chi connectivity index (χ0v) is 45.6. The van der Waals surface area contributed by atoms with Crippen LogP contribution in [0.1, 0.15) is 86.0 Å². The van der Waals surface area contributed by atoms with Crippen LogP contribution in [0.2, 0.25) is 0 Å². The topological polar surface area (TPSA) is 98.4 Å². The van der Waals surface area contributed by atoms with E-state index in [1.807, 2.05) is 36.4 Å². The Morgan fingerprint density at radius 3 is 1.05 bits per heavy atom. The number of nitrogens with zero attached hydrogens (tertiary/aromatic N) is 4. The third kappa shape index (κ3) is 6.72. The molecule has 0 fully saturated rings. The Balaban J connectivity index is 0.935. The van der Waals surface area contributed by atoms with E-state index in [1.54, 1.807) is 91.8 Å². The van der Waals surface area contributed by atoms with Gasteiger partial charge in [0.1, 0.15) is 20.8 Å². The lowest BCUT2D eigenvalue weighted by Gasteiger charge is -2.32. The van der Waals surface area contributed by atoms with E-state index in [0.717, 1.165) is 71.5 Å². The van der Waals surface area contributed by atoms with Gasteiger partial charge in [-0.3, -0.25) is 9.48 Å². The van der Waals surface area contributed by atoms with Crippen molar-refractivity contribution in [3.8, 4) is 40.4 Å². The molecule has 8 aromatic rings. The first-order chi connectivity index (χ1) is 34.0. The molecule has 0 bridgehead atoms. The first kappa shape index (κ1) is 50.1. The predicted octanol–water partition coefficient (Wildman–Crippen LogP) is 16.4. The van der Waals surface area contributed by atoms with Gasteiger partial charge >= 0.3 is 29.4 Å². The zero-order valence-electron chi connectivity index (χ0n) is 40.7. The molecule has 20 heteroatoms. The van der Waals surface area contributed by atoms with Gasteiger partial charge in [0, 0.05) is 91.9 Å². The Labute approximate surface area is 440 Å². The summed E-state index contributed by atoms with van der Waals surface area (Å²) in [5.74, 6) is -16.2. The number of hydrogen-bond donors (Lipinski definition) is 0. The summed E-state index contributed by atoms with van der Waals surface area (Å²) in [6.45, 7) is 16.8. The van der Waals surface area contributed by atoms with Crippen LogP contribution in [0.3, 0.4) is 0 Å². The molecule has 0 amide bonds. The van der Waals surface area contributed by atoms with E-state index >= 15 is 26.3 Å². The highest BCUT2D eigenvalue weighted by Crippen LogP contribution is 2.67. The number of hydrogen-bond acceptors (Lipinski definition) is 10. The maximum Gasteiger partial charge on any atom is 0.380 e. The average Bonchev–Trinajstić information content (AvgIpc) is 4.20. The normalized spacial score (nSPS) is 20.6. The Morgan fingerprint density at radius 1 is 0.438 bits per heavy atom. The van der Waals surface area contributed by atoms with Crippen molar-refractivity contribution in [1.82, 2.24) is 10.1 Å². The van der Waals surface area contributed by atoms with E-state index in [1.165, 1.54) is 71.3 Å². The van der Waals surface area contributed by atoms with Crippen LogP contribution in [0.5, 0.6) is 0 Å². The first-order valence-electron chi connectivity index (χ1n) is 23.0. The van der Waals surface area contributed by atoms with Crippen molar-refractivity contribution in [2.45, 2.75) is 109 Å². The van der Waals surface area contributed by atoms with Gasteiger partial charge in [0.05, 0.1) is 0 Å². The van der Waals surface area contributed by atoms with Gasteiger partial charge in [-0.15, -0.1) is 68.0 Å². The molecule has 2 aliphatic heterocycles. The van der Waals surface area contributed by atoms with Gasteiger partial charge in [0.15, 0.2) is 11.1 Å². The van der Waals surface area contributed by atoms with Gasteiger partial charge in [-0.25, -0.2) is 0 Å². The molecule has 0 unspecified atom stereocenters. The molecule has 0 spiro atoms. The number of alkyl halides is 6. The van der Waals surface area contributed by atoms with Crippen molar-refractivity contribution < 1.29 is 46.2 Å². The van der Waals surface area contributed by atoms with Crippen molar-refractivity contribution in [2.75, 3.05) is 0 Å². The largest absolute Gasteiger partial charge is 0.714 e. The summed E-state index contributed by atoms with van der Waals surface area (Å²) >= 11 is 7.57. The van der Waals surface area contributed by atoms with Crippen molar-refractivity contribution >= 4 is 111 Å². The lowest BCUT2D eigenvalue weighted by molar-refractivity contribution is -0.539. The quantitative estimate of drug-likeness (QED) is 0.0860. The summed E-state index contributed by atoms with van der Waals surface area (Å²) in [7, 11) is 0. The average molecular weight is 1110 g/mol. The Bertz CT molecular complexity index is 3510. The molecule has 11 rings (SSSR count). The molecule has 2 aromatic carbocycles. The maximum atomic E-state index is 16.5. The van der Waals surface area contributed by atoms with Crippen LogP contribution in [0.15, 0.2) is 84.9 Å². The van der Waals surface area contributed by atoms with Crippen molar-refractivity contribution in [1.29, 1.82) is 0 Å². The highest BCUT2D eigenvalue weighted by Gasteiger charge is 2.80. The molecule has 3 aliphatic rings. The summed E-state index contributed by atoms with van der Waals surface area (Å²) in [4.78, 5) is 6.27. The van der Waals surface area contributed by atoms with Crippen LogP contribution in [0.4, 0.5) is 26.3 Å². The smallest absolute Gasteiger partial charge is 0.380 e. The maximum absolute atomic E-state index is 16.5. The third-order valence-corrected chi connectivity index (χ3v) is 22.6. The van der Waals surface area contributed by atoms with Crippen LogP contribution in [0, 0.1) is 24.3 Å². The highest BCUT2D eigenvalue weighted by molar-refractivity contribution is 7.25. The molecule has 8 heterocycles. The Hall–Kier alpha value is -5.06. The summed E-state index contributed by atoms with van der Waals surface area (Å²) in [5.41, 5.74) is -6.00.